The van der Waals surface area contributed by atoms with E-state index in [2.05, 4.69) is 24.3 Å². The highest BCUT2D eigenvalue weighted by Crippen LogP contribution is 2.30. The van der Waals surface area contributed by atoms with E-state index in [1.54, 1.807) is 0 Å². The summed E-state index contributed by atoms with van der Waals surface area (Å²) >= 11 is 0. The molecule has 1 saturated carbocycles. The van der Waals surface area contributed by atoms with Crippen molar-refractivity contribution >= 4 is 0 Å². The van der Waals surface area contributed by atoms with Crippen molar-refractivity contribution in [2.24, 2.45) is 5.73 Å². The predicted octanol–water partition coefficient (Wildman–Crippen LogP) is 2.25. The minimum atomic E-state index is -0.117. The van der Waals surface area contributed by atoms with Crippen LogP contribution in [0.1, 0.15) is 37.7 Å². The van der Waals surface area contributed by atoms with Gasteiger partial charge < -0.3 is 10.8 Å². The lowest BCUT2D eigenvalue weighted by atomic mass is 9.78. The predicted molar refractivity (Wildman–Crippen MR) is 66.2 cm³/mol. The molecule has 0 radical (unpaired) electrons. The third-order valence-corrected chi connectivity index (χ3v) is 3.71. The van der Waals surface area contributed by atoms with Gasteiger partial charge >= 0.3 is 0 Å². The monoisotopic (exact) mass is 219 g/mol. The van der Waals surface area contributed by atoms with Gasteiger partial charge in [0.25, 0.3) is 0 Å². The lowest BCUT2D eigenvalue weighted by Crippen LogP contribution is -2.44. The summed E-state index contributed by atoms with van der Waals surface area (Å²) in [6.07, 6.45) is 5.61. The quantitative estimate of drug-likeness (QED) is 0.819. The molecular formula is C14H21NO. The molecule has 0 bridgehead atoms. The third-order valence-electron chi connectivity index (χ3n) is 3.71. The topological polar surface area (TPSA) is 46.2 Å². The Bertz CT molecular complexity index is 315. The molecule has 0 aliphatic heterocycles. The highest BCUT2D eigenvalue weighted by Gasteiger charge is 2.30. The lowest BCUT2D eigenvalue weighted by molar-refractivity contribution is 0.0945. The third kappa shape index (κ3) is 3.06. The van der Waals surface area contributed by atoms with Crippen molar-refractivity contribution in [2.75, 3.05) is 0 Å². The van der Waals surface area contributed by atoms with E-state index in [1.165, 1.54) is 5.56 Å². The van der Waals surface area contributed by atoms with Crippen molar-refractivity contribution in [1.29, 1.82) is 0 Å². The van der Waals surface area contributed by atoms with Gasteiger partial charge in [-0.3, -0.25) is 0 Å². The maximum absolute atomic E-state index is 9.47. The second kappa shape index (κ2) is 4.98. The van der Waals surface area contributed by atoms with Gasteiger partial charge in [0.1, 0.15) is 0 Å². The van der Waals surface area contributed by atoms with E-state index in [4.69, 9.17) is 5.73 Å². The fourth-order valence-electron chi connectivity index (χ4n) is 2.47. The van der Waals surface area contributed by atoms with Crippen molar-refractivity contribution in [1.82, 2.24) is 0 Å². The maximum Gasteiger partial charge on any atom is 0.0541 e. The Morgan fingerprint density at radius 1 is 1.19 bits per heavy atom. The van der Waals surface area contributed by atoms with Crippen LogP contribution in [0.5, 0.6) is 0 Å². The van der Waals surface area contributed by atoms with Crippen molar-refractivity contribution in [2.45, 2.75) is 50.2 Å². The lowest BCUT2D eigenvalue weighted by Gasteiger charge is -2.35. The standard InChI is InChI=1S/C14H21NO/c15-14(10-7-13(16)8-11-14)9-6-12-4-2-1-3-5-12/h1-5,13,16H,6-11,15H2. The SMILES string of the molecule is NC1(CCc2ccccc2)CCC(O)CC1. The Hall–Kier alpha value is -0.860. The molecule has 0 unspecified atom stereocenters. The molecular weight excluding hydrogens is 198 g/mol. The first kappa shape index (κ1) is 11.6. The van der Waals surface area contributed by atoms with Crippen LogP contribution >= 0.6 is 0 Å². The van der Waals surface area contributed by atoms with Crippen molar-refractivity contribution in [3.05, 3.63) is 35.9 Å². The normalized spacial score (nSPS) is 30.2. The molecule has 0 spiro atoms. The highest BCUT2D eigenvalue weighted by molar-refractivity contribution is 5.15. The second-order valence-corrected chi connectivity index (χ2v) is 5.08. The van der Waals surface area contributed by atoms with E-state index in [1.807, 2.05) is 6.07 Å². The fraction of sp³-hybridized carbons (Fsp3) is 0.571. The Morgan fingerprint density at radius 3 is 2.44 bits per heavy atom. The van der Waals surface area contributed by atoms with E-state index in [-0.39, 0.29) is 11.6 Å². The molecule has 0 saturated heterocycles. The maximum atomic E-state index is 9.47. The molecule has 1 aromatic carbocycles. The van der Waals surface area contributed by atoms with E-state index in [0.29, 0.717) is 0 Å². The average molecular weight is 219 g/mol. The van der Waals surface area contributed by atoms with Gasteiger partial charge in [-0.15, -0.1) is 0 Å². The smallest absolute Gasteiger partial charge is 0.0541 e. The van der Waals surface area contributed by atoms with Crippen molar-refractivity contribution in [3.63, 3.8) is 0 Å². The molecule has 1 aromatic rings. The summed E-state index contributed by atoms with van der Waals surface area (Å²) in [6, 6.07) is 10.5. The number of rotatable bonds is 3. The van der Waals surface area contributed by atoms with Gasteiger partial charge in [-0.05, 0) is 44.1 Å². The number of nitrogens with two attached hydrogens (primary N) is 1. The molecule has 1 fully saturated rings. The molecule has 0 atom stereocenters. The van der Waals surface area contributed by atoms with Crippen LogP contribution in [0.25, 0.3) is 0 Å². The first-order chi connectivity index (χ1) is 7.68. The van der Waals surface area contributed by atoms with Gasteiger partial charge in [-0.25, -0.2) is 0 Å². The van der Waals surface area contributed by atoms with Crippen LogP contribution in [0.4, 0.5) is 0 Å². The fourth-order valence-corrected chi connectivity index (χ4v) is 2.47. The Balaban J connectivity index is 1.85. The Labute approximate surface area is 97.5 Å². The number of aliphatic hydroxyl groups excluding tert-OH is 1. The van der Waals surface area contributed by atoms with E-state index >= 15 is 0 Å². The molecule has 16 heavy (non-hydrogen) atoms. The molecule has 0 aromatic heterocycles. The Morgan fingerprint density at radius 2 is 1.81 bits per heavy atom. The molecule has 1 aliphatic rings. The number of hydrogen-bond acceptors (Lipinski definition) is 2. The number of aryl methyl sites for hydroxylation is 1. The molecule has 2 nitrogen and oxygen atoms in total. The van der Waals surface area contributed by atoms with E-state index in [9.17, 15) is 5.11 Å². The molecule has 88 valence electrons. The first-order valence-electron chi connectivity index (χ1n) is 6.19. The number of aliphatic hydroxyl groups is 1. The number of benzene rings is 1. The van der Waals surface area contributed by atoms with Crippen molar-refractivity contribution < 1.29 is 5.11 Å². The van der Waals surface area contributed by atoms with Gasteiger partial charge in [0.15, 0.2) is 0 Å². The zero-order valence-corrected chi connectivity index (χ0v) is 9.73. The van der Waals surface area contributed by atoms with Gasteiger partial charge in [0.2, 0.25) is 0 Å². The summed E-state index contributed by atoms with van der Waals surface area (Å²) in [7, 11) is 0. The van der Waals surface area contributed by atoms with Crippen LogP contribution in [0.3, 0.4) is 0 Å². The molecule has 0 heterocycles. The van der Waals surface area contributed by atoms with Gasteiger partial charge in [-0.2, -0.15) is 0 Å². The summed E-state index contributed by atoms with van der Waals surface area (Å²) < 4.78 is 0. The van der Waals surface area contributed by atoms with Crippen LogP contribution in [-0.2, 0) is 6.42 Å². The second-order valence-electron chi connectivity index (χ2n) is 5.08. The zero-order chi connectivity index (χ0) is 11.4. The number of hydrogen-bond donors (Lipinski definition) is 2. The van der Waals surface area contributed by atoms with Crippen LogP contribution in [0.15, 0.2) is 30.3 Å². The van der Waals surface area contributed by atoms with Crippen LogP contribution in [-0.4, -0.2) is 16.7 Å². The van der Waals surface area contributed by atoms with Gasteiger partial charge in [0, 0.05) is 5.54 Å². The summed E-state index contributed by atoms with van der Waals surface area (Å²) in [5.74, 6) is 0. The van der Waals surface area contributed by atoms with E-state index in [0.717, 1.165) is 38.5 Å². The zero-order valence-electron chi connectivity index (χ0n) is 9.73. The molecule has 3 N–H and O–H groups in total. The largest absolute Gasteiger partial charge is 0.393 e. The van der Waals surface area contributed by atoms with Gasteiger partial charge in [-0.1, -0.05) is 30.3 Å². The molecule has 2 rings (SSSR count). The minimum absolute atomic E-state index is 0.0466. The van der Waals surface area contributed by atoms with Crippen LogP contribution in [0.2, 0.25) is 0 Å². The average Bonchev–Trinajstić information content (AvgIpc) is 2.33. The van der Waals surface area contributed by atoms with Gasteiger partial charge in [0.05, 0.1) is 6.10 Å². The van der Waals surface area contributed by atoms with Crippen molar-refractivity contribution in [3.8, 4) is 0 Å². The van der Waals surface area contributed by atoms with Crippen LogP contribution < -0.4 is 5.73 Å². The Kier molecular flexibility index (Phi) is 3.62. The molecule has 1 aliphatic carbocycles. The summed E-state index contributed by atoms with van der Waals surface area (Å²) in [5, 5.41) is 9.47. The summed E-state index contributed by atoms with van der Waals surface area (Å²) in [6.45, 7) is 0. The minimum Gasteiger partial charge on any atom is -0.393 e. The van der Waals surface area contributed by atoms with Crippen LogP contribution in [0, 0.1) is 0 Å². The molecule has 0 amide bonds. The molecule has 2 heteroatoms. The van der Waals surface area contributed by atoms with E-state index < -0.39 is 0 Å². The summed E-state index contributed by atoms with van der Waals surface area (Å²) in [4.78, 5) is 0. The summed E-state index contributed by atoms with van der Waals surface area (Å²) in [5.41, 5.74) is 7.67. The highest BCUT2D eigenvalue weighted by atomic mass is 16.3. The first-order valence-corrected chi connectivity index (χ1v) is 6.19.